The predicted octanol–water partition coefficient (Wildman–Crippen LogP) is 2.70. The lowest BCUT2D eigenvalue weighted by molar-refractivity contribution is 0.0692. The fraction of sp³-hybridized carbons (Fsp3) is 0.308. The number of aryl methyl sites for hydroxylation is 2. The second-order valence-corrected chi connectivity index (χ2v) is 4.43. The zero-order valence-electron chi connectivity index (χ0n) is 11.3. The number of anilines is 1. The van der Waals surface area contributed by atoms with Gasteiger partial charge in [-0.3, -0.25) is 0 Å². The molecule has 1 unspecified atom stereocenters. The van der Waals surface area contributed by atoms with E-state index in [9.17, 15) is 9.18 Å². The number of nitrogens with one attached hydrogen (secondary N) is 1. The van der Waals surface area contributed by atoms with E-state index < -0.39 is 17.3 Å². The summed E-state index contributed by atoms with van der Waals surface area (Å²) in [5.74, 6) is -1.72. The molecule has 0 aliphatic carbocycles. The molecule has 2 heterocycles. The molecule has 2 N–H and O–H groups in total. The van der Waals surface area contributed by atoms with Gasteiger partial charge in [-0.05, 0) is 26.8 Å². The number of halogens is 1. The minimum absolute atomic E-state index is 0.114. The molecule has 0 aliphatic heterocycles. The minimum atomic E-state index is -1.34. The van der Waals surface area contributed by atoms with Crippen molar-refractivity contribution < 1.29 is 18.8 Å². The van der Waals surface area contributed by atoms with E-state index in [4.69, 9.17) is 9.63 Å². The van der Waals surface area contributed by atoms with Crippen molar-refractivity contribution in [1.82, 2.24) is 10.1 Å². The molecule has 1 atom stereocenters. The summed E-state index contributed by atoms with van der Waals surface area (Å²) in [4.78, 5) is 14.7. The van der Waals surface area contributed by atoms with Gasteiger partial charge in [-0.25, -0.2) is 14.2 Å². The van der Waals surface area contributed by atoms with Crippen LogP contribution >= 0.6 is 0 Å². The summed E-state index contributed by atoms with van der Waals surface area (Å²) < 4.78 is 19.0. The van der Waals surface area contributed by atoms with E-state index in [0.717, 1.165) is 11.6 Å². The first kappa shape index (κ1) is 14.0. The Labute approximate surface area is 114 Å². The van der Waals surface area contributed by atoms with Crippen molar-refractivity contribution in [3.8, 4) is 0 Å². The fourth-order valence-corrected chi connectivity index (χ4v) is 2.10. The van der Waals surface area contributed by atoms with Gasteiger partial charge < -0.3 is 14.9 Å². The summed E-state index contributed by atoms with van der Waals surface area (Å²) in [6.07, 6.45) is 1.24. The van der Waals surface area contributed by atoms with Gasteiger partial charge >= 0.3 is 5.97 Å². The number of carboxylic acid groups (broad SMARTS) is 1. The topological polar surface area (TPSA) is 88.3 Å². The predicted molar refractivity (Wildman–Crippen MR) is 69.2 cm³/mol. The summed E-state index contributed by atoms with van der Waals surface area (Å²) in [7, 11) is 0. The Hall–Kier alpha value is -2.44. The van der Waals surface area contributed by atoms with Gasteiger partial charge in [0, 0.05) is 11.8 Å². The molecule has 2 aromatic heterocycles. The van der Waals surface area contributed by atoms with E-state index in [1.807, 2.05) is 0 Å². The standard InChI is InChI=1S/C13H14FN3O3/c1-6(10-7(2)17-20-8(10)3)16-12-11(14)9(13(18)19)4-5-15-12/h4-6H,1-3H3,(H,15,16)(H,18,19). The van der Waals surface area contributed by atoms with Crippen LogP contribution in [-0.4, -0.2) is 21.2 Å². The molecule has 7 heteroatoms. The minimum Gasteiger partial charge on any atom is -0.478 e. The second kappa shape index (κ2) is 5.28. The molecule has 20 heavy (non-hydrogen) atoms. The Balaban J connectivity index is 2.31. The van der Waals surface area contributed by atoms with Crippen LogP contribution in [0.1, 0.15) is 40.3 Å². The number of carboxylic acids is 1. The average Bonchev–Trinajstić information content (AvgIpc) is 2.71. The molecule has 6 nitrogen and oxygen atoms in total. The van der Waals surface area contributed by atoms with Crippen molar-refractivity contribution in [2.24, 2.45) is 0 Å². The largest absolute Gasteiger partial charge is 0.478 e. The zero-order chi connectivity index (χ0) is 14.9. The molecule has 0 radical (unpaired) electrons. The van der Waals surface area contributed by atoms with Gasteiger partial charge in [-0.15, -0.1) is 0 Å². The monoisotopic (exact) mass is 279 g/mol. The Morgan fingerprint density at radius 1 is 1.50 bits per heavy atom. The maximum absolute atomic E-state index is 14.0. The molecule has 2 rings (SSSR count). The third-order valence-electron chi connectivity index (χ3n) is 2.99. The molecule has 106 valence electrons. The van der Waals surface area contributed by atoms with Crippen LogP contribution in [-0.2, 0) is 0 Å². The Bertz CT molecular complexity index is 635. The Morgan fingerprint density at radius 3 is 2.75 bits per heavy atom. The quantitative estimate of drug-likeness (QED) is 0.894. The fourth-order valence-electron chi connectivity index (χ4n) is 2.10. The van der Waals surface area contributed by atoms with Gasteiger partial charge in [0.1, 0.15) is 11.3 Å². The van der Waals surface area contributed by atoms with E-state index in [0.29, 0.717) is 11.5 Å². The maximum atomic E-state index is 14.0. The van der Waals surface area contributed by atoms with Crippen molar-refractivity contribution in [1.29, 1.82) is 0 Å². The van der Waals surface area contributed by atoms with Crippen molar-refractivity contribution >= 4 is 11.8 Å². The summed E-state index contributed by atoms with van der Waals surface area (Å²) >= 11 is 0. The van der Waals surface area contributed by atoms with Crippen LogP contribution in [0.5, 0.6) is 0 Å². The van der Waals surface area contributed by atoms with Crippen LogP contribution in [0.25, 0.3) is 0 Å². The lowest BCUT2D eigenvalue weighted by atomic mass is 10.1. The van der Waals surface area contributed by atoms with Gasteiger partial charge in [0.05, 0.1) is 11.7 Å². The number of nitrogens with zero attached hydrogens (tertiary/aromatic N) is 2. The highest BCUT2D eigenvalue weighted by Crippen LogP contribution is 2.26. The maximum Gasteiger partial charge on any atom is 0.338 e. The molecule has 0 spiro atoms. The molecule has 0 saturated carbocycles. The third kappa shape index (κ3) is 2.47. The van der Waals surface area contributed by atoms with Crippen molar-refractivity contribution in [2.45, 2.75) is 26.8 Å². The van der Waals surface area contributed by atoms with Crippen LogP contribution in [0, 0.1) is 19.7 Å². The Kier molecular flexibility index (Phi) is 3.69. The van der Waals surface area contributed by atoms with Crippen LogP contribution in [0.3, 0.4) is 0 Å². The van der Waals surface area contributed by atoms with Gasteiger partial charge in [0.2, 0.25) is 0 Å². The van der Waals surface area contributed by atoms with Gasteiger partial charge in [-0.1, -0.05) is 5.16 Å². The summed E-state index contributed by atoms with van der Waals surface area (Å²) in [6, 6.07) is 0.802. The number of hydrogen-bond acceptors (Lipinski definition) is 5. The first-order chi connectivity index (χ1) is 9.41. The van der Waals surface area contributed by atoms with E-state index >= 15 is 0 Å². The van der Waals surface area contributed by atoms with E-state index in [1.165, 1.54) is 6.20 Å². The highest BCUT2D eigenvalue weighted by Gasteiger charge is 2.20. The van der Waals surface area contributed by atoms with E-state index in [-0.39, 0.29) is 11.9 Å². The smallest absolute Gasteiger partial charge is 0.338 e. The second-order valence-electron chi connectivity index (χ2n) is 4.43. The average molecular weight is 279 g/mol. The van der Waals surface area contributed by atoms with E-state index in [1.54, 1.807) is 20.8 Å². The number of pyridine rings is 1. The number of aromatic carboxylic acids is 1. The lowest BCUT2D eigenvalue weighted by Gasteiger charge is -2.15. The normalized spacial score (nSPS) is 12.2. The molecule has 0 amide bonds. The lowest BCUT2D eigenvalue weighted by Crippen LogP contribution is -2.13. The summed E-state index contributed by atoms with van der Waals surface area (Å²) in [5, 5.41) is 15.5. The molecule has 0 bridgehead atoms. The SMILES string of the molecule is Cc1noc(C)c1C(C)Nc1nccc(C(=O)O)c1F. The molecular weight excluding hydrogens is 265 g/mol. The summed E-state index contributed by atoms with van der Waals surface area (Å²) in [5.41, 5.74) is 1.07. The highest BCUT2D eigenvalue weighted by molar-refractivity contribution is 5.88. The Morgan fingerprint density at radius 2 is 2.20 bits per heavy atom. The van der Waals surface area contributed by atoms with Gasteiger partial charge in [-0.2, -0.15) is 0 Å². The molecule has 0 aliphatic rings. The van der Waals surface area contributed by atoms with Crippen molar-refractivity contribution in [2.75, 3.05) is 5.32 Å². The van der Waals surface area contributed by atoms with Crippen LogP contribution in [0.15, 0.2) is 16.8 Å². The zero-order valence-corrected chi connectivity index (χ0v) is 11.3. The highest BCUT2D eigenvalue weighted by atomic mass is 19.1. The molecule has 0 saturated heterocycles. The van der Waals surface area contributed by atoms with Crippen molar-refractivity contribution in [3.63, 3.8) is 0 Å². The summed E-state index contributed by atoms with van der Waals surface area (Å²) in [6.45, 7) is 5.33. The molecular formula is C13H14FN3O3. The van der Waals surface area contributed by atoms with Crippen LogP contribution in [0.4, 0.5) is 10.2 Å². The van der Waals surface area contributed by atoms with Gasteiger partial charge in [0.25, 0.3) is 0 Å². The molecule has 2 aromatic rings. The first-order valence-corrected chi connectivity index (χ1v) is 5.99. The number of rotatable bonds is 4. The third-order valence-corrected chi connectivity index (χ3v) is 2.99. The molecule has 0 fully saturated rings. The van der Waals surface area contributed by atoms with Crippen LogP contribution in [0.2, 0.25) is 0 Å². The number of carbonyl (C=O) groups is 1. The molecule has 0 aromatic carbocycles. The number of aromatic nitrogens is 2. The van der Waals surface area contributed by atoms with Gasteiger partial charge in [0.15, 0.2) is 11.6 Å². The number of hydrogen-bond donors (Lipinski definition) is 2. The van der Waals surface area contributed by atoms with E-state index in [2.05, 4.69) is 15.5 Å². The van der Waals surface area contributed by atoms with Crippen LogP contribution < -0.4 is 5.32 Å². The van der Waals surface area contributed by atoms with Crippen molar-refractivity contribution in [3.05, 3.63) is 40.7 Å². The first-order valence-electron chi connectivity index (χ1n) is 5.99.